The third kappa shape index (κ3) is 2.69. The summed E-state index contributed by atoms with van der Waals surface area (Å²) in [5.74, 6) is 4.38. The smallest absolute Gasteiger partial charge is 0.186 e. The van der Waals surface area contributed by atoms with Gasteiger partial charge in [-0.15, -0.1) is 5.75 Å². The van der Waals surface area contributed by atoms with E-state index in [1.54, 1.807) is 7.11 Å². The van der Waals surface area contributed by atoms with Crippen LogP contribution >= 0.6 is 0 Å². The molecule has 0 aromatic heterocycles. The van der Waals surface area contributed by atoms with E-state index in [-0.39, 0.29) is 34.7 Å². The minimum Gasteiger partial charge on any atom is -0.479 e. The van der Waals surface area contributed by atoms with E-state index in [0.29, 0.717) is 0 Å². The monoisotopic (exact) mass is 261 g/mol. The normalized spacial score (nSPS) is 41.6. The van der Waals surface area contributed by atoms with E-state index >= 15 is 0 Å². The summed E-state index contributed by atoms with van der Waals surface area (Å²) in [5.41, 5.74) is 0. The molecule has 0 saturated carbocycles. The molecule has 0 aliphatic carbocycles. The van der Waals surface area contributed by atoms with E-state index in [9.17, 15) is 0 Å². The first-order valence-electron chi connectivity index (χ1n) is 5.79. The van der Waals surface area contributed by atoms with E-state index in [0.717, 1.165) is 5.75 Å². The fourth-order valence-corrected chi connectivity index (χ4v) is 3.16. The predicted molar refractivity (Wildman–Crippen MR) is 70.6 cm³/mol. The van der Waals surface area contributed by atoms with Crippen molar-refractivity contribution >= 4 is 21.3 Å². The highest BCUT2D eigenvalue weighted by Crippen LogP contribution is 2.38. The van der Waals surface area contributed by atoms with Crippen molar-refractivity contribution in [1.82, 2.24) is 0 Å². The van der Waals surface area contributed by atoms with Gasteiger partial charge >= 0.3 is 0 Å². The Morgan fingerprint density at radius 2 is 2.00 bits per heavy atom. The molecule has 17 heavy (non-hydrogen) atoms. The molecule has 0 bridgehead atoms. The van der Waals surface area contributed by atoms with Crippen LogP contribution in [-0.2, 0) is 29.0 Å². The van der Waals surface area contributed by atoms with E-state index in [1.807, 2.05) is 20.8 Å². The summed E-state index contributed by atoms with van der Waals surface area (Å²) in [7, 11) is 1.62. The topological polar surface area (TPSA) is 36.9 Å². The lowest BCUT2D eigenvalue weighted by Gasteiger charge is -2.25. The fraction of sp³-hybridized carbons (Fsp3) is 0.833. The van der Waals surface area contributed by atoms with E-state index in [4.69, 9.17) is 18.9 Å². The molecule has 2 heterocycles. The first kappa shape index (κ1) is 13.4. The second-order valence-electron chi connectivity index (χ2n) is 4.78. The molecule has 2 aliphatic rings. The van der Waals surface area contributed by atoms with Gasteiger partial charge in [0.2, 0.25) is 0 Å². The summed E-state index contributed by atoms with van der Waals surface area (Å²) in [5, 5.41) is 2.10. The zero-order chi connectivity index (χ0) is 12.6. The largest absolute Gasteiger partial charge is 0.479 e. The summed E-state index contributed by atoms with van der Waals surface area (Å²) in [6.07, 6.45) is -0.509. The van der Waals surface area contributed by atoms with Crippen molar-refractivity contribution in [2.45, 2.75) is 51.2 Å². The molecule has 0 aromatic carbocycles. The van der Waals surface area contributed by atoms with Gasteiger partial charge in [0.15, 0.2) is 12.1 Å². The highest BCUT2D eigenvalue weighted by atomic mass is 32.2. The molecular formula is C12H21O4S-. The van der Waals surface area contributed by atoms with Gasteiger partial charge in [-0.3, -0.25) is 0 Å². The lowest BCUT2D eigenvalue weighted by molar-refractivity contribution is -0.224. The summed E-state index contributed by atoms with van der Waals surface area (Å²) in [6, 6.07) is 0. The predicted octanol–water partition coefficient (Wildman–Crippen LogP) is 0.750. The molecule has 2 aliphatic heterocycles. The second-order valence-corrected chi connectivity index (χ2v) is 6.66. The summed E-state index contributed by atoms with van der Waals surface area (Å²) in [6.45, 7) is 5.86. The first-order valence-corrected chi connectivity index (χ1v) is 7.42. The lowest BCUT2D eigenvalue weighted by Crippen LogP contribution is -2.32. The minimum atomic E-state index is -0.552. The van der Waals surface area contributed by atoms with Gasteiger partial charge in [0.1, 0.15) is 12.2 Å². The zero-order valence-electron chi connectivity index (χ0n) is 10.8. The molecule has 100 valence electrons. The van der Waals surface area contributed by atoms with E-state index in [1.165, 1.54) is 0 Å². The van der Waals surface area contributed by atoms with Gasteiger partial charge in [-0.1, -0.05) is 6.92 Å². The Bertz CT molecular complexity index is 360. The van der Waals surface area contributed by atoms with Crippen molar-refractivity contribution in [3.63, 3.8) is 0 Å². The lowest BCUT2D eigenvalue weighted by atomic mass is 10.2. The van der Waals surface area contributed by atoms with Crippen molar-refractivity contribution in [2.24, 2.45) is 0 Å². The van der Waals surface area contributed by atoms with Crippen LogP contribution in [0.25, 0.3) is 0 Å². The molecule has 0 amide bonds. The SMILES string of the molecule is C=[S-](=CC)CC1OC(OC)C2OC(C)(C)OC12. The van der Waals surface area contributed by atoms with Crippen LogP contribution in [0.4, 0.5) is 0 Å². The van der Waals surface area contributed by atoms with Crippen LogP contribution in [0.1, 0.15) is 20.8 Å². The maximum Gasteiger partial charge on any atom is 0.186 e. The first-order chi connectivity index (χ1) is 7.96. The van der Waals surface area contributed by atoms with Crippen LogP contribution in [-0.4, -0.2) is 54.5 Å². The molecule has 4 unspecified atom stereocenters. The summed E-state index contributed by atoms with van der Waals surface area (Å²) in [4.78, 5) is 0. The number of rotatable bonds is 3. The van der Waals surface area contributed by atoms with Gasteiger partial charge in [0, 0.05) is 7.11 Å². The van der Waals surface area contributed by atoms with Crippen LogP contribution in [0.5, 0.6) is 0 Å². The van der Waals surface area contributed by atoms with Crippen LogP contribution in [0.15, 0.2) is 0 Å². The molecule has 2 saturated heterocycles. The number of methoxy groups -OCH3 is 1. The second kappa shape index (κ2) is 4.90. The highest BCUT2D eigenvalue weighted by molar-refractivity contribution is 7.92. The van der Waals surface area contributed by atoms with Crippen LogP contribution < -0.4 is 0 Å². The van der Waals surface area contributed by atoms with Gasteiger partial charge in [-0.05, 0) is 13.8 Å². The number of fused-ring (bicyclic) bond motifs is 1. The Kier molecular flexibility index (Phi) is 3.85. The van der Waals surface area contributed by atoms with Gasteiger partial charge in [0.05, 0.1) is 6.10 Å². The average molecular weight is 261 g/mol. The average Bonchev–Trinajstić information content (AvgIpc) is 2.73. The molecule has 4 nitrogen and oxygen atoms in total. The minimum absolute atomic E-state index is 0.00348. The zero-order valence-corrected chi connectivity index (χ0v) is 11.7. The summed E-state index contributed by atoms with van der Waals surface area (Å²) < 4.78 is 22.8. The molecule has 5 heteroatoms. The van der Waals surface area contributed by atoms with Crippen molar-refractivity contribution in [3.05, 3.63) is 0 Å². The third-order valence-electron chi connectivity index (χ3n) is 3.05. The summed E-state index contributed by atoms with van der Waals surface area (Å²) >= 11 is 0. The van der Waals surface area contributed by atoms with Gasteiger partial charge in [-0.25, -0.2) is 11.2 Å². The maximum absolute atomic E-state index is 5.90. The van der Waals surface area contributed by atoms with Gasteiger partial charge in [0.25, 0.3) is 0 Å². The molecule has 0 aromatic rings. The molecule has 0 radical (unpaired) electrons. The van der Waals surface area contributed by atoms with Crippen molar-refractivity contribution in [3.8, 4) is 0 Å². The Labute approximate surface area is 105 Å². The molecule has 4 atom stereocenters. The number of ether oxygens (including phenoxy) is 4. The molecule has 0 spiro atoms. The van der Waals surface area contributed by atoms with Crippen LogP contribution in [0.3, 0.4) is 0 Å². The Morgan fingerprint density at radius 1 is 1.35 bits per heavy atom. The Balaban J connectivity index is 2.12. The van der Waals surface area contributed by atoms with Gasteiger partial charge < -0.3 is 29.0 Å². The maximum atomic E-state index is 5.90. The molecular weight excluding hydrogens is 240 g/mol. The fourth-order valence-electron chi connectivity index (χ4n) is 2.27. The molecule has 2 fully saturated rings. The Hall–Kier alpha value is -0.0700. The van der Waals surface area contributed by atoms with E-state index < -0.39 is 5.79 Å². The van der Waals surface area contributed by atoms with Crippen LogP contribution in [0, 0.1) is 0 Å². The quantitative estimate of drug-likeness (QED) is 0.555. The van der Waals surface area contributed by atoms with Crippen molar-refractivity contribution < 1.29 is 18.9 Å². The highest BCUT2D eigenvalue weighted by Gasteiger charge is 2.54. The standard InChI is InChI=1S/C12H21O4S/c1-6-17(5)7-8-9-10(11(13-4)14-8)16-12(2,3)15-9/h6,8-11H,5,7H2,1-4H3/q-1. The molecule has 2 rings (SSSR count). The Morgan fingerprint density at radius 3 is 2.59 bits per heavy atom. The van der Waals surface area contributed by atoms with Crippen LogP contribution in [0.2, 0.25) is 0 Å². The van der Waals surface area contributed by atoms with Crippen molar-refractivity contribution in [1.29, 1.82) is 0 Å². The number of hydrogen-bond acceptors (Lipinski definition) is 5. The number of hydrogen-bond donors (Lipinski definition) is 0. The molecule has 0 N–H and O–H groups in total. The van der Waals surface area contributed by atoms with Crippen molar-refractivity contribution in [2.75, 3.05) is 12.9 Å². The van der Waals surface area contributed by atoms with E-state index in [2.05, 4.69) is 11.2 Å². The van der Waals surface area contributed by atoms with Gasteiger partial charge in [-0.2, -0.15) is 0 Å². The third-order valence-corrected chi connectivity index (χ3v) is 4.47.